The lowest BCUT2D eigenvalue weighted by molar-refractivity contribution is 1.21. The standard InChI is InChI=1S/C12H14IN3/c1-3-15-12-9(14)6-16-11-7(2)4-5-8(13)10(11)12/h4-6H,3,14H2,1-2H3,(H,15,16). The van der Waals surface area contributed by atoms with E-state index in [-0.39, 0.29) is 0 Å². The van der Waals surface area contributed by atoms with Crippen LogP contribution in [-0.4, -0.2) is 11.5 Å². The molecule has 84 valence electrons. The van der Waals surface area contributed by atoms with Gasteiger partial charge in [0.2, 0.25) is 0 Å². The fourth-order valence-corrected chi connectivity index (χ4v) is 2.49. The smallest absolute Gasteiger partial charge is 0.0764 e. The molecule has 3 N–H and O–H groups in total. The first-order valence-electron chi connectivity index (χ1n) is 5.22. The predicted octanol–water partition coefficient (Wildman–Crippen LogP) is 3.16. The largest absolute Gasteiger partial charge is 0.396 e. The van der Waals surface area contributed by atoms with Crippen LogP contribution in [0.15, 0.2) is 18.3 Å². The second-order valence-corrected chi connectivity index (χ2v) is 4.87. The zero-order valence-corrected chi connectivity index (χ0v) is 11.5. The number of hydrogen-bond donors (Lipinski definition) is 2. The van der Waals surface area contributed by atoms with E-state index in [1.54, 1.807) is 6.20 Å². The van der Waals surface area contributed by atoms with Crippen LogP contribution >= 0.6 is 22.6 Å². The van der Waals surface area contributed by atoms with Crippen LogP contribution in [0.1, 0.15) is 12.5 Å². The van der Waals surface area contributed by atoms with Crippen LogP contribution in [0.2, 0.25) is 0 Å². The summed E-state index contributed by atoms with van der Waals surface area (Å²) in [6, 6.07) is 4.18. The van der Waals surface area contributed by atoms with Gasteiger partial charge in [0.15, 0.2) is 0 Å². The summed E-state index contributed by atoms with van der Waals surface area (Å²) in [6.45, 7) is 4.99. The Hall–Kier alpha value is -1.04. The van der Waals surface area contributed by atoms with Crippen LogP contribution in [0.4, 0.5) is 11.4 Å². The van der Waals surface area contributed by atoms with Crippen molar-refractivity contribution in [3.8, 4) is 0 Å². The van der Waals surface area contributed by atoms with Crippen LogP contribution in [0, 0.1) is 10.5 Å². The number of rotatable bonds is 2. The fraction of sp³-hybridized carbons (Fsp3) is 0.250. The topological polar surface area (TPSA) is 50.9 Å². The van der Waals surface area contributed by atoms with Crippen molar-refractivity contribution in [2.24, 2.45) is 0 Å². The Kier molecular flexibility index (Phi) is 3.18. The molecule has 0 amide bonds. The molecular formula is C12H14IN3. The van der Waals surface area contributed by atoms with E-state index in [0.717, 1.165) is 23.1 Å². The molecule has 0 radical (unpaired) electrons. The summed E-state index contributed by atoms with van der Waals surface area (Å²) in [6.07, 6.45) is 1.73. The third-order valence-electron chi connectivity index (χ3n) is 2.55. The van der Waals surface area contributed by atoms with Gasteiger partial charge in [-0.1, -0.05) is 6.07 Å². The summed E-state index contributed by atoms with van der Waals surface area (Å²) in [5.74, 6) is 0. The van der Waals surface area contributed by atoms with Crippen molar-refractivity contribution in [3.63, 3.8) is 0 Å². The summed E-state index contributed by atoms with van der Waals surface area (Å²) in [5.41, 5.74) is 9.87. The van der Waals surface area contributed by atoms with E-state index in [2.05, 4.69) is 58.9 Å². The highest BCUT2D eigenvalue weighted by Crippen LogP contribution is 2.32. The Morgan fingerprint density at radius 3 is 2.88 bits per heavy atom. The number of nitrogens with zero attached hydrogens (tertiary/aromatic N) is 1. The fourth-order valence-electron chi connectivity index (χ4n) is 1.79. The molecule has 0 aliphatic heterocycles. The first-order valence-corrected chi connectivity index (χ1v) is 6.30. The number of hydrogen-bond acceptors (Lipinski definition) is 3. The molecule has 0 fully saturated rings. The molecule has 2 aromatic rings. The maximum absolute atomic E-state index is 5.96. The Bertz CT molecular complexity index is 537. The van der Waals surface area contributed by atoms with E-state index >= 15 is 0 Å². The van der Waals surface area contributed by atoms with Gasteiger partial charge in [-0.05, 0) is 48.1 Å². The normalized spacial score (nSPS) is 10.7. The predicted molar refractivity (Wildman–Crippen MR) is 77.8 cm³/mol. The number of anilines is 2. The minimum absolute atomic E-state index is 0.706. The summed E-state index contributed by atoms with van der Waals surface area (Å²) in [4.78, 5) is 4.41. The lowest BCUT2D eigenvalue weighted by Crippen LogP contribution is -2.04. The van der Waals surface area contributed by atoms with Crippen molar-refractivity contribution in [2.45, 2.75) is 13.8 Å². The van der Waals surface area contributed by atoms with Gasteiger partial charge in [-0.2, -0.15) is 0 Å². The molecule has 0 saturated carbocycles. The zero-order chi connectivity index (χ0) is 11.7. The van der Waals surface area contributed by atoms with E-state index < -0.39 is 0 Å². The molecule has 1 aromatic carbocycles. The van der Waals surface area contributed by atoms with Gasteiger partial charge in [0.25, 0.3) is 0 Å². The van der Waals surface area contributed by atoms with Crippen molar-refractivity contribution in [2.75, 3.05) is 17.6 Å². The average Bonchev–Trinajstić information content (AvgIpc) is 2.27. The number of halogens is 1. The molecule has 1 heterocycles. The van der Waals surface area contributed by atoms with E-state index in [0.29, 0.717) is 5.69 Å². The van der Waals surface area contributed by atoms with E-state index in [4.69, 9.17) is 5.73 Å². The molecule has 0 aliphatic rings. The van der Waals surface area contributed by atoms with Crippen molar-refractivity contribution < 1.29 is 0 Å². The lowest BCUT2D eigenvalue weighted by atomic mass is 10.1. The molecule has 0 atom stereocenters. The van der Waals surface area contributed by atoms with Crippen LogP contribution in [0.25, 0.3) is 10.9 Å². The highest BCUT2D eigenvalue weighted by molar-refractivity contribution is 14.1. The highest BCUT2D eigenvalue weighted by Gasteiger charge is 2.10. The maximum Gasteiger partial charge on any atom is 0.0764 e. The van der Waals surface area contributed by atoms with Gasteiger partial charge in [-0.25, -0.2) is 0 Å². The highest BCUT2D eigenvalue weighted by atomic mass is 127. The molecule has 1 aromatic heterocycles. The number of aryl methyl sites for hydroxylation is 1. The second kappa shape index (κ2) is 4.45. The molecule has 0 spiro atoms. The number of benzene rings is 1. The number of aromatic nitrogens is 1. The van der Waals surface area contributed by atoms with Gasteiger partial charge in [0.1, 0.15) is 0 Å². The Balaban J connectivity index is 2.85. The van der Waals surface area contributed by atoms with Gasteiger partial charge in [0, 0.05) is 15.5 Å². The Labute approximate surface area is 109 Å². The van der Waals surface area contributed by atoms with Crippen LogP contribution in [0.5, 0.6) is 0 Å². The average molecular weight is 327 g/mol. The van der Waals surface area contributed by atoms with E-state index in [1.807, 2.05) is 0 Å². The van der Waals surface area contributed by atoms with Crippen molar-refractivity contribution in [1.29, 1.82) is 0 Å². The number of pyridine rings is 1. The minimum Gasteiger partial charge on any atom is -0.396 e. The number of nitrogen functional groups attached to an aromatic ring is 1. The molecular weight excluding hydrogens is 313 g/mol. The number of fused-ring (bicyclic) bond motifs is 1. The molecule has 0 aliphatic carbocycles. The number of nitrogens with two attached hydrogens (primary N) is 1. The molecule has 0 bridgehead atoms. The minimum atomic E-state index is 0.706. The van der Waals surface area contributed by atoms with Crippen LogP contribution in [0.3, 0.4) is 0 Å². The van der Waals surface area contributed by atoms with E-state index in [9.17, 15) is 0 Å². The third kappa shape index (κ3) is 1.81. The van der Waals surface area contributed by atoms with Crippen molar-refractivity contribution >= 4 is 44.9 Å². The summed E-state index contributed by atoms with van der Waals surface area (Å²) in [5, 5.41) is 4.44. The Morgan fingerprint density at radius 1 is 1.44 bits per heavy atom. The second-order valence-electron chi connectivity index (χ2n) is 3.71. The summed E-state index contributed by atoms with van der Waals surface area (Å²) < 4.78 is 1.17. The quantitative estimate of drug-likeness (QED) is 0.833. The lowest BCUT2D eigenvalue weighted by Gasteiger charge is -2.13. The van der Waals surface area contributed by atoms with Crippen LogP contribution in [-0.2, 0) is 0 Å². The monoisotopic (exact) mass is 327 g/mol. The molecule has 0 unspecified atom stereocenters. The van der Waals surface area contributed by atoms with Gasteiger partial charge in [-0.15, -0.1) is 0 Å². The molecule has 0 saturated heterocycles. The van der Waals surface area contributed by atoms with Gasteiger partial charge in [0.05, 0.1) is 23.1 Å². The zero-order valence-electron chi connectivity index (χ0n) is 9.34. The first kappa shape index (κ1) is 11.4. The van der Waals surface area contributed by atoms with Gasteiger partial charge >= 0.3 is 0 Å². The van der Waals surface area contributed by atoms with E-state index in [1.165, 1.54) is 9.13 Å². The number of nitrogens with one attached hydrogen (secondary N) is 1. The maximum atomic E-state index is 5.96. The molecule has 3 nitrogen and oxygen atoms in total. The molecule has 2 rings (SSSR count). The van der Waals surface area contributed by atoms with Gasteiger partial charge in [-0.3, -0.25) is 4.98 Å². The SMILES string of the molecule is CCNc1c(N)cnc2c(C)ccc(I)c12. The Morgan fingerprint density at radius 2 is 2.19 bits per heavy atom. The molecule has 4 heteroatoms. The summed E-state index contributed by atoms with van der Waals surface area (Å²) >= 11 is 2.32. The summed E-state index contributed by atoms with van der Waals surface area (Å²) in [7, 11) is 0. The van der Waals surface area contributed by atoms with Crippen molar-refractivity contribution in [3.05, 3.63) is 27.5 Å². The van der Waals surface area contributed by atoms with Gasteiger partial charge < -0.3 is 11.1 Å². The van der Waals surface area contributed by atoms with Crippen molar-refractivity contribution in [1.82, 2.24) is 4.98 Å². The first-order chi connectivity index (χ1) is 7.65. The third-order valence-corrected chi connectivity index (χ3v) is 3.45. The van der Waals surface area contributed by atoms with Crippen LogP contribution < -0.4 is 11.1 Å². The molecule has 16 heavy (non-hydrogen) atoms.